The Morgan fingerprint density at radius 3 is 0.795 bits per heavy atom. The van der Waals surface area contributed by atoms with Gasteiger partial charge in [0.25, 0.3) is 0 Å². The Morgan fingerprint density at radius 2 is 0.500 bits per heavy atom. The number of esters is 3. The maximum absolute atomic E-state index is 12.9. The summed E-state index contributed by atoms with van der Waals surface area (Å²) in [6, 6.07) is 0. The molecule has 78 heavy (non-hydrogen) atoms. The normalized spacial score (nSPS) is 12.9. The van der Waals surface area contributed by atoms with Gasteiger partial charge in [0.2, 0.25) is 0 Å². The van der Waals surface area contributed by atoms with Gasteiger partial charge in [-0.05, 0) is 116 Å². The molecule has 0 rings (SSSR count). The van der Waals surface area contributed by atoms with E-state index in [-0.39, 0.29) is 31.1 Å². The summed E-state index contributed by atoms with van der Waals surface area (Å²) in [5, 5.41) is 0. The van der Waals surface area contributed by atoms with Crippen molar-refractivity contribution in [1.82, 2.24) is 0 Å². The molecule has 0 radical (unpaired) electrons. The first-order chi connectivity index (χ1) is 38.5. The van der Waals surface area contributed by atoms with Crippen LogP contribution >= 0.6 is 0 Å². The van der Waals surface area contributed by atoms with Gasteiger partial charge in [0.1, 0.15) is 13.2 Å². The smallest absolute Gasteiger partial charge is 0.306 e. The summed E-state index contributed by atoms with van der Waals surface area (Å²) in [5.74, 6) is -0.898. The van der Waals surface area contributed by atoms with E-state index in [4.69, 9.17) is 14.2 Å². The maximum atomic E-state index is 12.9. The summed E-state index contributed by atoms with van der Waals surface area (Å²) in [4.78, 5) is 38.2. The summed E-state index contributed by atoms with van der Waals surface area (Å²) in [6.45, 7) is 6.49. The highest BCUT2D eigenvalue weighted by Crippen LogP contribution is 2.15. The Morgan fingerprint density at radius 1 is 0.269 bits per heavy atom. The van der Waals surface area contributed by atoms with Gasteiger partial charge >= 0.3 is 17.9 Å². The minimum atomic E-state index is -0.786. The molecule has 444 valence electrons. The van der Waals surface area contributed by atoms with Crippen molar-refractivity contribution in [1.29, 1.82) is 0 Å². The van der Waals surface area contributed by atoms with E-state index in [1.807, 2.05) is 0 Å². The number of rotatable bonds is 58. The second-order valence-corrected chi connectivity index (χ2v) is 21.3. The molecule has 0 aliphatic carbocycles. The molecule has 0 spiro atoms. The van der Waals surface area contributed by atoms with Crippen LogP contribution in [0.2, 0.25) is 0 Å². The van der Waals surface area contributed by atoms with Gasteiger partial charge in [0, 0.05) is 19.3 Å². The molecule has 0 aromatic heterocycles. The SMILES string of the molecule is CC/C=C\C/C=C\C/C=C\C/C=C\C/C=C\C/C=C\C/C=C\C/C=C\CCCCCCCCCCC(=O)OCC(COC(=O)CCCCCCCCCCC)OC(=O)CCCCCCCCC/C=C\C/C=C\CCCCCC. The van der Waals surface area contributed by atoms with Crippen molar-refractivity contribution < 1.29 is 28.6 Å². The minimum Gasteiger partial charge on any atom is -0.462 e. The minimum absolute atomic E-state index is 0.0831. The van der Waals surface area contributed by atoms with E-state index in [0.717, 1.165) is 128 Å². The monoisotopic (exact) mass is 1080 g/mol. The average molecular weight is 1080 g/mol. The molecule has 6 nitrogen and oxygen atoms in total. The van der Waals surface area contributed by atoms with Crippen molar-refractivity contribution in [3.63, 3.8) is 0 Å². The number of hydrogen-bond donors (Lipinski definition) is 0. The first-order valence-electron chi connectivity index (χ1n) is 32.5. The van der Waals surface area contributed by atoms with Crippen molar-refractivity contribution in [2.45, 2.75) is 303 Å². The van der Waals surface area contributed by atoms with Crippen LogP contribution in [0.5, 0.6) is 0 Å². The van der Waals surface area contributed by atoms with Crippen LogP contribution in [0, 0.1) is 0 Å². The Kier molecular flexibility index (Phi) is 61.8. The van der Waals surface area contributed by atoms with Crippen LogP contribution in [0.15, 0.2) is 122 Å². The standard InChI is InChI=1S/C72H120O6/c1-4-7-10-13-16-19-21-23-25-27-29-30-31-32-33-34-35-36-37-38-39-40-41-42-43-45-46-48-50-53-56-59-62-65-71(74)77-68-69(67-76-70(73)64-61-58-55-52-18-15-12-9-6-3)78-72(75)66-63-60-57-54-51-49-47-44-28-26-24-22-20-17-14-11-8-5-2/h7,10,16,19-20,22-23,25-26,28-30,32-33,35-36,38-39,41-42,69H,4-6,8-9,11-15,17-18,21,24,27,31,34,37,40,43-68H2,1-3H3/b10-7-,19-16-,22-20-,25-23-,28-26-,30-29-,33-32-,36-35-,39-38-,42-41-. The molecule has 0 fully saturated rings. The van der Waals surface area contributed by atoms with Crippen LogP contribution in [0.3, 0.4) is 0 Å². The van der Waals surface area contributed by atoms with E-state index in [2.05, 4.69) is 142 Å². The predicted octanol–water partition coefficient (Wildman–Crippen LogP) is 22.4. The van der Waals surface area contributed by atoms with Gasteiger partial charge in [-0.15, -0.1) is 0 Å². The predicted molar refractivity (Wildman–Crippen MR) is 339 cm³/mol. The third-order valence-electron chi connectivity index (χ3n) is 13.7. The van der Waals surface area contributed by atoms with E-state index >= 15 is 0 Å². The zero-order chi connectivity index (χ0) is 56.4. The number of allylic oxidation sites excluding steroid dienone is 20. The fourth-order valence-electron chi connectivity index (χ4n) is 8.84. The first-order valence-corrected chi connectivity index (χ1v) is 32.5. The second-order valence-electron chi connectivity index (χ2n) is 21.3. The maximum Gasteiger partial charge on any atom is 0.306 e. The van der Waals surface area contributed by atoms with Gasteiger partial charge in [-0.2, -0.15) is 0 Å². The van der Waals surface area contributed by atoms with Crippen molar-refractivity contribution >= 4 is 17.9 Å². The van der Waals surface area contributed by atoms with E-state index in [1.54, 1.807) is 0 Å². The quantitative estimate of drug-likeness (QED) is 0.0261. The largest absolute Gasteiger partial charge is 0.462 e. The summed E-state index contributed by atoms with van der Waals surface area (Å²) >= 11 is 0. The van der Waals surface area contributed by atoms with E-state index in [0.29, 0.717) is 19.3 Å². The second kappa shape index (κ2) is 65.3. The van der Waals surface area contributed by atoms with Crippen LogP contribution < -0.4 is 0 Å². The lowest BCUT2D eigenvalue weighted by atomic mass is 10.1. The zero-order valence-electron chi connectivity index (χ0n) is 50.9. The molecule has 0 N–H and O–H groups in total. The highest BCUT2D eigenvalue weighted by Gasteiger charge is 2.19. The third-order valence-corrected chi connectivity index (χ3v) is 13.7. The van der Waals surface area contributed by atoms with E-state index < -0.39 is 6.10 Å². The van der Waals surface area contributed by atoms with Gasteiger partial charge in [0.05, 0.1) is 0 Å². The molecule has 0 aromatic carbocycles. The van der Waals surface area contributed by atoms with Gasteiger partial charge in [-0.25, -0.2) is 0 Å². The van der Waals surface area contributed by atoms with Crippen LogP contribution in [-0.2, 0) is 28.6 Å². The number of hydrogen-bond acceptors (Lipinski definition) is 6. The van der Waals surface area contributed by atoms with Gasteiger partial charge in [-0.3, -0.25) is 14.4 Å². The summed E-state index contributed by atoms with van der Waals surface area (Å²) in [7, 11) is 0. The van der Waals surface area contributed by atoms with Gasteiger partial charge in [-0.1, -0.05) is 284 Å². The molecule has 0 amide bonds. The number of ether oxygens (including phenoxy) is 3. The lowest BCUT2D eigenvalue weighted by molar-refractivity contribution is -0.167. The molecular formula is C72H120O6. The van der Waals surface area contributed by atoms with E-state index in [1.165, 1.54) is 128 Å². The van der Waals surface area contributed by atoms with Crippen LogP contribution in [-0.4, -0.2) is 37.2 Å². The fraction of sp³-hybridized carbons (Fsp3) is 0.681. The molecule has 0 saturated heterocycles. The van der Waals surface area contributed by atoms with Crippen LogP contribution in [0.25, 0.3) is 0 Å². The number of unbranched alkanes of at least 4 members (excludes halogenated alkanes) is 27. The Balaban J connectivity index is 4.22. The Bertz CT molecular complexity index is 1620. The molecule has 0 aliphatic heterocycles. The van der Waals surface area contributed by atoms with Gasteiger partial charge < -0.3 is 14.2 Å². The van der Waals surface area contributed by atoms with Crippen molar-refractivity contribution in [3.05, 3.63) is 122 Å². The average Bonchev–Trinajstić information content (AvgIpc) is 3.44. The van der Waals surface area contributed by atoms with Crippen molar-refractivity contribution in [2.24, 2.45) is 0 Å². The van der Waals surface area contributed by atoms with Crippen LogP contribution in [0.1, 0.15) is 297 Å². The molecule has 1 atom stereocenters. The van der Waals surface area contributed by atoms with Crippen molar-refractivity contribution in [2.75, 3.05) is 13.2 Å². The molecule has 0 aromatic rings. The van der Waals surface area contributed by atoms with Crippen LogP contribution in [0.4, 0.5) is 0 Å². The summed E-state index contributed by atoms with van der Waals surface area (Å²) in [5.41, 5.74) is 0. The topological polar surface area (TPSA) is 78.9 Å². The van der Waals surface area contributed by atoms with Crippen molar-refractivity contribution in [3.8, 4) is 0 Å². The highest BCUT2D eigenvalue weighted by atomic mass is 16.6. The molecule has 1 unspecified atom stereocenters. The van der Waals surface area contributed by atoms with Gasteiger partial charge in [0.15, 0.2) is 6.10 Å². The molecule has 6 heteroatoms. The Labute approximate surface area is 482 Å². The third kappa shape index (κ3) is 62.7. The fourth-order valence-corrected chi connectivity index (χ4v) is 8.84. The first kappa shape index (κ1) is 73.8. The molecule has 0 saturated carbocycles. The molecule has 0 bridgehead atoms. The highest BCUT2D eigenvalue weighted by molar-refractivity contribution is 5.71. The number of carbonyl (C=O) groups excluding carboxylic acids is 3. The Hall–Kier alpha value is -4.19. The molecule has 0 aliphatic rings. The molecule has 0 heterocycles. The molecular weight excluding hydrogens is 961 g/mol. The number of carbonyl (C=O) groups is 3. The lowest BCUT2D eigenvalue weighted by Crippen LogP contribution is -2.30. The summed E-state index contributed by atoms with van der Waals surface area (Å²) < 4.78 is 16.9. The van der Waals surface area contributed by atoms with E-state index in [9.17, 15) is 14.4 Å². The lowest BCUT2D eigenvalue weighted by Gasteiger charge is -2.18. The summed E-state index contributed by atoms with van der Waals surface area (Å²) in [6.07, 6.45) is 90.7. The zero-order valence-corrected chi connectivity index (χ0v) is 50.9.